The van der Waals surface area contributed by atoms with E-state index in [1.54, 1.807) is 4.90 Å². The molecule has 35 heavy (non-hydrogen) atoms. The predicted molar refractivity (Wildman–Crippen MR) is 136 cm³/mol. The van der Waals surface area contributed by atoms with E-state index in [1.165, 1.54) is 18.4 Å². The SMILES string of the molecule is CNc1cc(N[C@H](C)c2cn3cc(C4CC4)cc(N(C=O)CC4(N(C)C)COC4)c3n2)nc(C)n1. The zero-order chi connectivity index (χ0) is 24.7. The maximum atomic E-state index is 12.4. The first-order chi connectivity index (χ1) is 16.8. The molecular formula is C25H34N8O2. The van der Waals surface area contributed by atoms with E-state index < -0.39 is 0 Å². The molecule has 4 heterocycles. The molecule has 0 unspecified atom stereocenters. The van der Waals surface area contributed by atoms with Crippen LogP contribution >= 0.6 is 0 Å². The number of likely N-dealkylation sites (N-methyl/N-ethyl adjacent to an activating group) is 1. The van der Waals surface area contributed by atoms with Crippen molar-refractivity contribution in [3.05, 3.63) is 41.6 Å². The summed E-state index contributed by atoms with van der Waals surface area (Å²) < 4.78 is 7.60. The predicted octanol–water partition coefficient (Wildman–Crippen LogP) is 2.82. The van der Waals surface area contributed by atoms with Crippen LogP contribution in [-0.2, 0) is 9.53 Å². The van der Waals surface area contributed by atoms with Crippen molar-refractivity contribution in [2.24, 2.45) is 0 Å². The van der Waals surface area contributed by atoms with E-state index in [1.807, 2.05) is 40.3 Å². The van der Waals surface area contributed by atoms with E-state index in [-0.39, 0.29) is 11.6 Å². The van der Waals surface area contributed by atoms with Crippen molar-refractivity contribution < 1.29 is 9.53 Å². The van der Waals surface area contributed by atoms with Crippen molar-refractivity contribution in [3.63, 3.8) is 0 Å². The van der Waals surface area contributed by atoms with Crippen LogP contribution < -0.4 is 15.5 Å². The highest BCUT2D eigenvalue weighted by Crippen LogP contribution is 2.42. The topological polar surface area (TPSA) is 99.9 Å². The minimum absolute atomic E-state index is 0.0936. The molecule has 1 saturated heterocycles. The Balaban J connectivity index is 1.49. The Morgan fingerprint density at radius 1 is 1.20 bits per heavy atom. The second-order valence-electron chi connectivity index (χ2n) is 9.98. The summed E-state index contributed by atoms with van der Waals surface area (Å²) in [5, 5.41) is 6.51. The van der Waals surface area contributed by atoms with Gasteiger partial charge in [-0.3, -0.25) is 9.69 Å². The number of anilines is 3. The molecule has 1 aliphatic heterocycles. The average Bonchev–Trinajstić information content (AvgIpc) is 3.56. The number of aryl methyl sites for hydroxylation is 1. The van der Waals surface area contributed by atoms with Gasteiger partial charge in [0.15, 0.2) is 5.65 Å². The molecule has 2 N–H and O–H groups in total. The zero-order valence-electron chi connectivity index (χ0n) is 21.1. The average molecular weight is 479 g/mol. The van der Waals surface area contributed by atoms with Gasteiger partial charge in [-0.1, -0.05) is 0 Å². The fraction of sp³-hybridized carbons (Fsp3) is 0.520. The van der Waals surface area contributed by atoms with Gasteiger partial charge in [-0.15, -0.1) is 0 Å². The van der Waals surface area contributed by atoms with Crippen LogP contribution in [-0.4, -0.2) is 77.1 Å². The molecule has 1 saturated carbocycles. The molecule has 0 aromatic carbocycles. The van der Waals surface area contributed by atoms with Gasteiger partial charge in [-0.05, 0) is 58.3 Å². The van der Waals surface area contributed by atoms with Crippen LogP contribution in [0, 0.1) is 6.92 Å². The van der Waals surface area contributed by atoms with E-state index in [4.69, 9.17) is 9.72 Å². The Bertz CT molecular complexity index is 1230. The molecule has 3 aromatic rings. The Labute approximate surface area is 205 Å². The van der Waals surface area contributed by atoms with Gasteiger partial charge in [-0.2, -0.15) is 0 Å². The molecule has 1 aliphatic carbocycles. The second kappa shape index (κ2) is 9.09. The van der Waals surface area contributed by atoms with Gasteiger partial charge >= 0.3 is 0 Å². The summed E-state index contributed by atoms with van der Waals surface area (Å²) in [6, 6.07) is 3.93. The van der Waals surface area contributed by atoms with Crippen molar-refractivity contribution in [2.75, 3.05) is 56.4 Å². The van der Waals surface area contributed by atoms with Crippen LogP contribution in [0.4, 0.5) is 17.3 Å². The van der Waals surface area contributed by atoms with Gasteiger partial charge < -0.3 is 24.7 Å². The Morgan fingerprint density at radius 3 is 2.54 bits per heavy atom. The van der Waals surface area contributed by atoms with Gasteiger partial charge in [0.05, 0.1) is 36.2 Å². The molecule has 2 fully saturated rings. The molecule has 1 amide bonds. The molecule has 10 nitrogen and oxygen atoms in total. The van der Waals surface area contributed by atoms with Crippen LogP contribution in [0.15, 0.2) is 24.5 Å². The smallest absolute Gasteiger partial charge is 0.214 e. The third-order valence-corrected chi connectivity index (χ3v) is 7.11. The first-order valence-corrected chi connectivity index (χ1v) is 12.1. The van der Waals surface area contributed by atoms with Crippen molar-refractivity contribution in [1.29, 1.82) is 0 Å². The van der Waals surface area contributed by atoms with Crippen LogP contribution in [0.1, 0.15) is 48.8 Å². The molecule has 1 atom stereocenters. The summed E-state index contributed by atoms with van der Waals surface area (Å²) in [4.78, 5) is 30.2. The number of amides is 1. The fourth-order valence-corrected chi connectivity index (χ4v) is 4.57. The Kier molecular flexibility index (Phi) is 6.10. The number of aromatic nitrogens is 4. The molecule has 0 bridgehead atoms. The number of carbonyl (C=O) groups is 1. The van der Waals surface area contributed by atoms with Gasteiger partial charge in [0.25, 0.3) is 0 Å². The molecule has 10 heteroatoms. The van der Waals surface area contributed by atoms with Gasteiger partial charge in [0.2, 0.25) is 6.41 Å². The Morgan fingerprint density at radius 2 is 1.94 bits per heavy atom. The van der Waals surface area contributed by atoms with Crippen molar-refractivity contribution >= 4 is 29.4 Å². The summed E-state index contributed by atoms with van der Waals surface area (Å²) in [5.41, 5.74) is 3.55. The lowest BCUT2D eigenvalue weighted by Crippen LogP contribution is -2.65. The second-order valence-corrected chi connectivity index (χ2v) is 9.98. The maximum Gasteiger partial charge on any atom is 0.214 e. The minimum Gasteiger partial charge on any atom is -0.377 e. The molecule has 5 rings (SSSR count). The number of fused-ring (bicyclic) bond motifs is 1. The number of hydrogen-bond acceptors (Lipinski definition) is 8. The van der Waals surface area contributed by atoms with E-state index in [9.17, 15) is 4.79 Å². The quantitative estimate of drug-likeness (QED) is 0.429. The molecule has 0 radical (unpaired) electrons. The summed E-state index contributed by atoms with van der Waals surface area (Å²) >= 11 is 0. The standard InChI is InChI=1S/C25H34N8O2/c1-16(27-23-9-22(26-3)28-17(2)29-23)20-11-32-10-19(18-6-7-18)8-21(24(32)30-20)33(15-34)12-25(31(4)5)13-35-14-25/h8-11,15-16,18H,6-7,12-14H2,1-5H3,(H2,26,27,28,29)/t16-/m1/s1. The molecule has 2 aliphatic rings. The lowest BCUT2D eigenvalue weighted by Gasteiger charge is -2.48. The fourth-order valence-electron chi connectivity index (χ4n) is 4.57. The highest BCUT2D eigenvalue weighted by molar-refractivity contribution is 5.84. The largest absolute Gasteiger partial charge is 0.377 e. The third kappa shape index (κ3) is 4.55. The summed E-state index contributed by atoms with van der Waals surface area (Å²) in [6.07, 6.45) is 7.50. The third-order valence-electron chi connectivity index (χ3n) is 7.11. The first kappa shape index (κ1) is 23.5. The van der Waals surface area contributed by atoms with Gasteiger partial charge in [-0.25, -0.2) is 15.0 Å². The van der Waals surface area contributed by atoms with E-state index >= 15 is 0 Å². The number of imidazole rings is 1. The molecular weight excluding hydrogens is 444 g/mol. The van der Waals surface area contributed by atoms with Gasteiger partial charge in [0.1, 0.15) is 17.5 Å². The van der Waals surface area contributed by atoms with Crippen LogP contribution in [0.3, 0.4) is 0 Å². The summed E-state index contributed by atoms with van der Waals surface area (Å²) in [5.74, 6) is 2.73. The number of ether oxygens (including phenoxy) is 1. The van der Waals surface area contributed by atoms with E-state index in [2.05, 4.69) is 49.1 Å². The van der Waals surface area contributed by atoms with Crippen LogP contribution in [0.25, 0.3) is 5.65 Å². The Hall–Kier alpha value is -3.24. The van der Waals surface area contributed by atoms with Crippen LogP contribution in [0.2, 0.25) is 0 Å². The molecule has 0 spiro atoms. The highest BCUT2D eigenvalue weighted by Gasteiger charge is 2.43. The number of pyridine rings is 1. The lowest BCUT2D eigenvalue weighted by atomic mass is 9.95. The number of carbonyl (C=O) groups excluding carboxylic acids is 1. The van der Waals surface area contributed by atoms with Crippen molar-refractivity contribution in [1.82, 2.24) is 24.3 Å². The summed E-state index contributed by atoms with van der Waals surface area (Å²) in [6.45, 7) is 5.70. The van der Waals surface area contributed by atoms with E-state index in [0.717, 1.165) is 35.1 Å². The molecule has 186 valence electrons. The molecule has 3 aromatic heterocycles. The minimum atomic E-state index is -0.187. The lowest BCUT2D eigenvalue weighted by molar-refractivity contribution is -0.123. The summed E-state index contributed by atoms with van der Waals surface area (Å²) in [7, 11) is 5.92. The van der Waals surface area contributed by atoms with Crippen molar-refractivity contribution in [2.45, 2.75) is 44.2 Å². The van der Waals surface area contributed by atoms with Gasteiger partial charge in [0, 0.05) is 32.1 Å². The monoisotopic (exact) mass is 478 g/mol. The number of nitrogens with one attached hydrogen (secondary N) is 2. The van der Waals surface area contributed by atoms with E-state index in [0.29, 0.717) is 31.5 Å². The maximum absolute atomic E-state index is 12.4. The van der Waals surface area contributed by atoms with Crippen LogP contribution in [0.5, 0.6) is 0 Å². The van der Waals surface area contributed by atoms with Crippen molar-refractivity contribution in [3.8, 4) is 0 Å². The zero-order valence-corrected chi connectivity index (χ0v) is 21.1. The number of nitrogens with zero attached hydrogens (tertiary/aromatic N) is 6. The normalized spacial score (nSPS) is 17.8. The first-order valence-electron chi connectivity index (χ1n) is 12.1. The number of rotatable bonds is 10. The number of hydrogen-bond donors (Lipinski definition) is 2. The highest BCUT2D eigenvalue weighted by atomic mass is 16.5.